The van der Waals surface area contributed by atoms with Gasteiger partial charge in [-0.05, 0) is 18.1 Å². The maximum atomic E-state index is 12.1. The number of nitro benzene ring substituents is 1. The van der Waals surface area contributed by atoms with E-state index in [0.717, 1.165) is 12.0 Å². The lowest BCUT2D eigenvalue weighted by Gasteiger charge is -2.06. The number of rotatable bonds is 6. The second-order valence-corrected chi connectivity index (χ2v) is 4.65. The second-order valence-electron chi connectivity index (χ2n) is 4.65. The van der Waals surface area contributed by atoms with Gasteiger partial charge in [0.2, 0.25) is 0 Å². The zero-order chi connectivity index (χ0) is 15.4. The Balaban J connectivity index is 2.28. The molecule has 0 saturated carbocycles. The van der Waals surface area contributed by atoms with E-state index in [0.29, 0.717) is 13.1 Å². The van der Waals surface area contributed by atoms with Crippen LogP contribution >= 0.6 is 0 Å². The zero-order valence-corrected chi connectivity index (χ0v) is 11.7. The maximum Gasteiger partial charge on any atom is 0.328 e. The number of aryl methyl sites for hydroxylation is 1. The lowest BCUT2D eigenvalue weighted by molar-refractivity contribution is -0.384. The van der Waals surface area contributed by atoms with Gasteiger partial charge in [-0.1, -0.05) is 13.0 Å². The van der Waals surface area contributed by atoms with Crippen molar-refractivity contribution in [1.82, 2.24) is 9.13 Å². The highest BCUT2D eigenvalue weighted by atomic mass is 16.6. The van der Waals surface area contributed by atoms with Crippen LogP contribution in [0.25, 0.3) is 0 Å². The molecule has 0 atom stereocenters. The third kappa shape index (κ3) is 3.11. The first-order valence-electron chi connectivity index (χ1n) is 6.56. The van der Waals surface area contributed by atoms with Crippen molar-refractivity contribution >= 4 is 11.4 Å². The molecule has 1 aromatic carbocycles. The van der Waals surface area contributed by atoms with Gasteiger partial charge in [0.25, 0.3) is 5.69 Å². The number of nitro groups is 1. The molecule has 0 aliphatic heterocycles. The van der Waals surface area contributed by atoms with E-state index in [-0.39, 0.29) is 17.1 Å². The summed E-state index contributed by atoms with van der Waals surface area (Å²) in [7, 11) is 0. The summed E-state index contributed by atoms with van der Waals surface area (Å²) in [6.07, 6.45) is 4.32. The minimum absolute atomic E-state index is 0.0996. The SMILES string of the molecule is CCCn1ccn(Cc2ccc([N+](=O)[O-])c(NN)c2)c1=O. The smallest absolute Gasteiger partial charge is 0.318 e. The summed E-state index contributed by atoms with van der Waals surface area (Å²) >= 11 is 0. The Morgan fingerprint density at radius 1 is 1.33 bits per heavy atom. The van der Waals surface area contributed by atoms with Crippen molar-refractivity contribution in [3.05, 3.63) is 56.8 Å². The Kier molecular flexibility index (Phi) is 4.39. The standard InChI is InChI=1S/C13H17N5O3/c1-2-5-16-6-7-17(13(16)19)9-10-3-4-12(18(20)21)11(8-10)15-14/h3-4,6-8,15H,2,5,9,14H2,1H3. The van der Waals surface area contributed by atoms with Crippen LogP contribution in [0.1, 0.15) is 18.9 Å². The molecular formula is C13H17N5O3. The summed E-state index contributed by atoms with van der Waals surface area (Å²) in [5, 5.41) is 10.8. The Bertz CT molecular complexity index is 704. The lowest BCUT2D eigenvalue weighted by Crippen LogP contribution is -2.24. The molecule has 0 bridgehead atoms. The molecule has 0 spiro atoms. The molecule has 8 heteroatoms. The number of imidazole rings is 1. The molecule has 0 aliphatic carbocycles. The van der Waals surface area contributed by atoms with Gasteiger partial charge in [-0.25, -0.2) is 4.79 Å². The summed E-state index contributed by atoms with van der Waals surface area (Å²) < 4.78 is 3.19. The molecule has 0 unspecified atom stereocenters. The van der Waals surface area contributed by atoms with Crippen LogP contribution in [0.5, 0.6) is 0 Å². The third-order valence-corrected chi connectivity index (χ3v) is 3.15. The van der Waals surface area contributed by atoms with Crippen molar-refractivity contribution in [1.29, 1.82) is 0 Å². The largest absolute Gasteiger partial charge is 0.328 e. The van der Waals surface area contributed by atoms with E-state index >= 15 is 0 Å². The Morgan fingerprint density at radius 3 is 2.67 bits per heavy atom. The van der Waals surface area contributed by atoms with Crippen LogP contribution in [0.2, 0.25) is 0 Å². The monoisotopic (exact) mass is 291 g/mol. The summed E-state index contributed by atoms with van der Waals surface area (Å²) in [5.74, 6) is 5.30. The Hall–Kier alpha value is -2.61. The molecule has 2 rings (SSSR count). The van der Waals surface area contributed by atoms with E-state index in [2.05, 4.69) is 5.43 Å². The fraction of sp³-hybridized carbons (Fsp3) is 0.308. The van der Waals surface area contributed by atoms with Crippen molar-refractivity contribution in [3.63, 3.8) is 0 Å². The van der Waals surface area contributed by atoms with Crippen molar-refractivity contribution in [2.75, 3.05) is 5.43 Å². The Labute approximate surface area is 120 Å². The molecule has 0 radical (unpaired) electrons. The second kappa shape index (κ2) is 6.23. The van der Waals surface area contributed by atoms with Crippen LogP contribution in [0.15, 0.2) is 35.4 Å². The van der Waals surface area contributed by atoms with E-state index < -0.39 is 4.92 Å². The Morgan fingerprint density at radius 2 is 2.05 bits per heavy atom. The number of hydrogen-bond acceptors (Lipinski definition) is 5. The molecule has 1 aromatic heterocycles. The van der Waals surface area contributed by atoms with E-state index in [9.17, 15) is 14.9 Å². The molecule has 0 aliphatic rings. The zero-order valence-electron chi connectivity index (χ0n) is 11.7. The van der Waals surface area contributed by atoms with Crippen molar-refractivity contribution in [3.8, 4) is 0 Å². The molecule has 0 fully saturated rings. The van der Waals surface area contributed by atoms with Crippen LogP contribution in [0.3, 0.4) is 0 Å². The van der Waals surface area contributed by atoms with Gasteiger partial charge in [0, 0.05) is 25.0 Å². The van der Waals surface area contributed by atoms with Gasteiger partial charge >= 0.3 is 5.69 Å². The van der Waals surface area contributed by atoms with E-state index in [1.54, 1.807) is 33.7 Å². The molecule has 8 nitrogen and oxygen atoms in total. The molecule has 112 valence electrons. The van der Waals surface area contributed by atoms with Gasteiger partial charge in [-0.15, -0.1) is 0 Å². The minimum atomic E-state index is -0.511. The molecule has 2 aromatic rings. The average molecular weight is 291 g/mol. The predicted molar refractivity (Wildman–Crippen MR) is 79.0 cm³/mol. The summed E-state index contributed by atoms with van der Waals surface area (Å²) in [5.41, 5.74) is 3.08. The minimum Gasteiger partial charge on any atom is -0.318 e. The van der Waals surface area contributed by atoms with Crippen molar-refractivity contribution < 1.29 is 4.92 Å². The van der Waals surface area contributed by atoms with Crippen LogP contribution in [-0.4, -0.2) is 14.1 Å². The molecule has 21 heavy (non-hydrogen) atoms. The van der Waals surface area contributed by atoms with E-state index in [4.69, 9.17) is 5.84 Å². The number of nitrogen functional groups attached to an aromatic ring is 1. The van der Waals surface area contributed by atoms with Gasteiger partial charge in [-0.2, -0.15) is 0 Å². The van der Waals surface area contributed by atoms with Gasteiger partial charge in [0.1, 0.15) is 5.69 Å². The van der Waals surface area contributed by atoms with Crippen molar-refractivity contribution in [2.45, 2.75) is 26.4 Å². The molecule has 0 amide bonds. The third-order valence-electron chi connectivity index (χ3n) is 3.15. The summed E-state index contributed by atoms with van der Waals surface area (Å²) in [6.45, 7) is 3.00. The first kappa shape index (κ1) is 14.8. The highest BCUT2D eigenvalue weighted by Crippen LogP contribution is 2.24. The van der Waals surface area contributed by atoms with Gasteiger partial charge in [0.05, 0.1) is 11.5 Å². The maximum absolute atomic E-state index is 12.1. The number of nitrogens with two attached hydrogens (primary N) is 1. The topological polar surface area (TPSA) is 108 Å². The van der Waals surface area contributed by atoms with Crippen molar-refractivity contribution in [2.24, 2.45) is 5.84 Å². The van der Waals surface area contributed by atoms with E-state index in [1.165, 1.54) is 6.07 Å². The predicted octanol–water partition coefficient (Wildman–Crippen LogP) is 1.30. The van der Waals surface area contributed by atoms with Crippen LogP contribution in [0, 0.1) is 10.1 Å². The molecule has 1 heterocycles. The molecular weight excluding hydrogens is 274 g/mol. The van der Waals surface area contributed by atoms with Gasteiger partial charge in [0.15, 0.2) is 0 Å². The summed E-state index contributed by atoms with van der Waals surface area (Å²) in [6, 6.07) is 4.56. The number of aromatic nitrogens is 2. The van der Waals surface area contributed by atoms with Gasteiger partial charge in [-0.3, -0.25) is 25.1 Å². The van der Waals surface area contributed by atoms with Crippen LogP contribution in [0.4, 0.5) is 11.4 Å². The molecule has 3 N–H and O–H groups in total. The number of anilines is 1. The fourth-order valence-electron chi connectivity index (χ4n) is 2.14. The average Bonchev–Trinajstić information content (AvgIpc) is 2.80. The van der Waals surface area contributed by atoms with Crippen LogP contribution in [-0.2, 0) is 13.1 Å². The first-order chi connectivity index (χ1) is 10.1. The highest BCUT2D eigenvalue weighted by molar-refractivity contribution is 5.62. The summed E-state index contributed by atoms with van der Waals surface area (Å²) in [4.78, 5) is 22.4. The first-order valence-corrected chi connectivity index (χ1v) is 6.56. The number of hydrazine groups is 1. The van der Waals surface area contributed by atoms with Gasteiger partial charge < -0.3 is 5.43 Å². The molecule has 0 saturated heterocycles. The number of hydrogen-bond donors (Lipinski definition) is 2. The fourth-order valence-corrected chi connectivity index (χ4v) is 2.14. The number of nitrogens with one attached hydrogen (secondary N) is 1. The van der Waals surface area contributed by atoms with E-state index in [1.807, 2.05) is 6.92 Å². The van der Waals surface area contributed by atoms with Crippen LogP contribution < -0.4 is 17.0 Å². The normalized spacial score (nSPS) is 10.6. The lowest BCUT2D eigenvalue weighted by atomic mass is 10.1. The highest BCUT2D eigenvalue weighted by Gasteiger charge is 2.13. The number of benzene rings is 1. The quantitative estimate of drug-likeness (QED) is 0.474. The number of nitrogens with zero attached hydrogens (tertiary/aromatic N) is 3.